The normalized spacial score (nSPS) is 11.2. The highest BCUT2D eigenvalue weighted by atomic mass is 16.6. The predicted octanol–water partition coefficient (Wildman–Crippen LogP) is 5.83. The van der Waals surface area contributed by atoms with Gasteiger partial charge in [0.15, 0.2) is 0 Å². The zero-order valence-electron chi connectivity index (χ0n) is 16.6. The summed E-state index contributed by atoms with van der Waals surface area (Å²) in [5.74, 6) is 3.13. The summed E-state index contributed by atoms with van der Waals surface area (Å²) in [6.07, 6.45) is 3.63. The third kappa shape index (κ3) is 5.96. The number of hydrogen-bond donors (Lipinski definition) is 0. The van der Waals surface area contributed by atoms with E-state index in [4.69, 9.17) is 0 Å². The number of non-ortho nitro benzene ring substituents is 1. The lowest BCUT2D eigenvalue weighted by Gasteiger charge is -2.01. The number of aliphatic imine (C=N–C) groups is 2. The van der Waals surface area contributed by atoms with Gasteiger partial charge in [0.1, 0.15) is 0 Å². The number of nitro groups is 1. The van der Waals surface area contributed by atoms with Gasteiger partial charge < -0.3 is 0 Å². The van der Waals surface area contributed by atoms with Gasteiger partial charge in [-0.3, -0.25) is 15.1 Å². The van der Waals surface area contributed by atoms with E-state index in [1.165, 1.54) is 12.1 Å². The van der Waals surface area contributed by atoms with Gasteiger partial charge in [0.25, 0.3) is 5.69 Å². The lowest BCUT2D eigenvalue weighted by atomic mass is 10.1. The van der Waals surface area contributed by atoms with Crippen molar-refractivity contribution in [2.75, 3.05) is 6.54 Å². The summed E-state index contributed by atoms with van der Waals surface area (Å²) in [5.41, 5.74) is 4.66. The smallest absolute Gasteiger partial charge is 0.269 e. The van der Waals surface area contributed by atoms with Crippen molar-refractivity contribution in [1.82, 2.24) is 0 Å². The molecule has 0 saturated heterocycles. The molecule has 0 amide bonds. The van der Waals surface area contributed by atoms with Crippen molar-refractivity contribution >= 4 is 29.0 Å². The molecule has 0 saturated carbocycles. The first-order valence-corrected chi connectivity index (χ1v) is 9.49. The van der Waals surface area contributed by atoms with Gasteiger partial charge in [-0.15, -0.1) is 0 Å². The number of benzene rings is 3. The largest absolute Gasteiger partial charge is 0.288 e. The molecule has 5 nitrogen and oxygen atoms in total. The van der Waals surface area contributed by atoms with E-state index in [-0.39, 0.29) is 5.69 Å². The molecule has 0 aliphatic heterocycles. The number of nitro benzene ring substituents is 1. The molecule has 0 fully saturated rings. The lowest BCUT2D eigenvalue weighted by Crippen LogP contribution is -1.89. The molecule has 3 rings (SSSR count). The van der Waals surface area contributed by atoms with Crippen LogP contribution in [0.25, 0.3) is 11.3 Å². The van der Waals surface area contributed by atoms with Gasteiger partial charge in [-0.05, 0) is 42.1 Å². The number of rotatable bonds is 7. The molecule has 0 radical (unpaired) electrons. The molecule has 148 valence electrons. The van der Waals surface area contributed by atoms with Gasteiger partial charge in [0.2, 0.25) is 0 Å². The quantitative estimate of drug-likeness (QED) is 0.287. The van der Waals surface area contributed by atoms with Crippen LogP contribution in [0.1, 0.15) is 23.6 Å². The van der Waals surface area contributed by atoms with E-state index in [2.05, 4.69) is 15.9 Å². The van der Waals surface area contributed by atoms with Gasteiger partial charge in [-0.1, -0.05) is 60.7 Å². The maximum absolute atomic E-state index is 10.7. The fourth-order valence-corrected chi connectivity index (χ4v) is 2.71. The van der Waals surface area contributed by atoms with Crippen molar-refractivity contribution in [3.63, 3.8) is 0 Å². The minimum atomic E-state index is -0.418. The second-order valence-electron chi connectivity index (χ2n) is 6.51. The standard InChI is InChI=1S/C25H21N3O2/c1-20(22-8-4-2-5-9-22)18-27-25(23-10-6-3-7-11-23)16-17-26-19-21-12-14-24(15-13-21)28(29)30/h2-16,19H,17H2,1H3/b25-16+,26-19?. The van der Waals surface area contributed by atoms with Crippen LogP contribution in [0.3, 0.4) is 0 Å². The van der Waals surface area contributed by atoms with Crippen LogP contribution in [0, 0.1) is 10.1 Å². The fourth-order valence-electron chi connectivity index (χ4n) is 2.71. The van der Waals surface area contributed by atoms with Gasteiger partial charge in [0, 0.05) is 29.5 Å². The summed E-state index contributed by atoms with van der Waals surface area (Å²) >= 11 is 0. The van der Waals surface area contributed by atoms with Crippen molar-refractivity contribution in [3.8, 4) is 0 Å². The Morgan fingerprint density at radius 2 is 1.53 bits per heavy atom. The SMILES string of the molecule is CC(=C=N/C(=C/CN=Cc1ccc([N+](=O)[O-])cc1)c1ccccc1)c1ccccc1. The van der Waals surface area contributed by atoms with E-state index >= 15 is 0 Å². The number of nitrogens with zero attached hydrogens (tertiary/aromatic N) is 3. The molecule has 0 spiro atoms. The lowest BCUT2D eigenvalue weighted by molar-refractivity contribution is -0.384. The maximum atomic E-state index is 10.7. The average molecular weight is 395 g/mol. The Balaban J connectivity index is 1.79. The first-order chi connectivity index (χ1) is 14.6. The topological polar surface area (TPSA) is 67.9 Å². The molecular formula is C25H21N3O2. The molecule has 0 aromatic heterocycles. The molecule has 0 bridgehead atoms. The van der Waals surface area contributed by atoms with Gasteiger partial charge in [0.05, 0.1) is 17.2 Å². The van der Waals surface area contributed by atoms with Gasteiger partial charge >= 0.3 is 0 Å². The molecule has 0 heterocycles. The average Bonchev–Trinajstić information content (AvgIpc) is 2.80. The van der Waals surface area contributed by atoms with Crippen molar-refractivity contribution in [1.29, 1.82) is 0 Å². The zero-order chi connectivity index (χ0) is 21.2. The first kappa shape index (κ1) is 20.6. The molecule has 0 unspecified atom stereocenters. The van der Waals surface area contributed by atoms with Crippen LogP contribution in [0.5, 0.6) is 0 Å². The summed E-state index contributed by atoms with van der Waals surface area (Å²) in [6, 6.07) is 26.2. The van der Waals surface area contributed by atoms with Crippen LogP contribution >= 0.6 is 0 Å². The van der Waals surface area contributed by atoms with E-state index < -0.39 is 4.92 Å². The Labute approximate surface area is 175 Å². The van der Waals surface area contributed by atoms with E-state index in [0.29, 0.717) is 6.54 Å². The van der Waals surface area contributed by atoms with Crippen LogP contribution in [-0.2, 0) is 0 Å². The molecule has 3 aromatic carbocycles. The highest BCUT2D eigenvalue weighted by molar-refractivity contribution is 5.91. The Bertz CT molecular complexity index is 1110. The maximum Gasteiger partial charge on any atom is 0.269 e. The molecule has 5 heteroatoms. The molecule has 0 aliphatic rings. The monoisotopic (exact) mass is 395 g/mol. The summed E-state index contributed by atoms with van der Waals surface area (Å²) < 4.78 is 0. The molecule has 30 heavy (non-hydrogen) atoms. The van der Waals surface area contributed by atoms with Crippen molar-refractivity contribution in [3.05, 3.63) is 118 Å². The first-order valence-electron chi connectivity index (χ1n) is 9.49. The van der Waals surface area contributed by atoms with Crippen molar-refractivity contribution in [2.24, 2.45) is 9.98 Å². The van der Waals surface area contributed by atoms with E-state index in [1.54, 1.807) is 18.3 Å². The number of allylic oxidation sites excluding steroid dienone is 1. The van der Waals surface area contributed by atoms with E-state index in [0.717, 1.165) is 28.0 Å². The Kier molecular flexibility index (Phi) is 7.20. The molecule has 3 aromatic rings. The summed E-state index contributed by atoms with van der Waals surface area (Å²) in [7, 11) is 0. The minimum absolute atomic E-state index is 0.0633. The minimum Gasteiger partial charge on any atom is -0.288 e. The third-order valence-corrected chi connectivity index (χ3v) is 4.35. The van der Waals surface area contributed by atoms with Gasteiger partial charge in [-0.25, -0.2) is 4.99 Å². The third-order valence-electron chi connectivity index (χ3n) is 4.35. The fraction of sp³-hybridized carbons (Fsp3) is 0.0800. The van der Waals surface area contributed by atoms with Crippen LogP contribution in [0.4, 0.5) is 5.69 Å². The van der Waals surface area contributed by atoms with Crippen LogP contribution in [-0.4, -0.2) is 23.6 Å². The Morgan fingerprint density at radius 1 is 0.933 bits per heavy atom. The van der Waals surface area contributed by atoms with Gasteiger partial charge in [-0.2, -0.15) is 0 Å². The van der Waals surface area contributed by atoms with Crippen LogP contribution in [0.2, 0.25) is 0 Å². The van der Waals surface area contributed by atoms with E-state index in [9.17, 15) is 10.1 Å². The Morgan fingerprint density at radius 3 is 2.13 bits per heavy atom. The molecular weight excluding hydrogens is 374 g/mol. The molecule has 0 atom stereocenters. The molecule has 0 N–H and O–H groups in total. The second-order valence-corrected chi connectivity index (χ2v) is 6.51. The highest BCUT2D eigenvalue weighted by Crippen LogP contribution is 2.16. The molecule has 0 aliphatic carbocycles. The van der Waals surface area contributed by atoms with Crippen molar-refractivity contribution < 1.29 is 4.92 Å². The summed E-state index contributed by atoms with van der Waals surface area (Å²) in [6.45, 7) is 2.41. The summed E-state index contributed by atoms with van der Waals surface area (Å²) in [5, 5.41) is 10.7. The zero-order valence-corrected chi connectivity index (χ0v) is 16.6. The summed E-state index contributed by atoms with van der Waals surface area (Å²) in [4.78, 5) is 19.3. The predicted molar refractivity (Wildman–Crippen MR) is 123 cm³/mol. The highest BCUT2D eigenvalue weighted by Gasteiger charge is 2.02. The van der Waals surface area contributed by atoms with E-state index in [1.807, 2.05) is 73.7 Å². The Hall–Kier alpha value is -4.08. The van der Waals surface area contributed by atoms with Crippen LogP contribution in [0.15, 0.2) is 101 Å². The van der Waals surface area contributed by atoms with Crippen LogP contribution < -0.4 is 0 Å². The second kappa shape index (κ2) is 10.5. The van der Waals surface area contributed by atoms with Crippen molar-refractivity contribution in [2.45, 2.75) is 6.92 Å². The number of hydrogen-bond acceptors (Lipinski definition) is 4.